The fourth-order valence-electron chi connectivity index (χ4n) is 2.02. The average Bonchev–Trinajstić information content (AvgIpc) is 2.47. The highest BCUT2D eigenvalue weighted by Crippen LogP contribution is 2.14. The van der Waals surface area contributed by atoms with E-state index in [1.54, 1.807) is 12.1 Å². The molecule has 116 valence electrons. The second kappa shape index (κ2) is 7.51. The molecule has 0 bridgehead atoms. The number of rotatable bonds is 6. The van der Waals surface area contributed by atoms with E-state index in [1.165, 1.54) is 0 Å². The highest BCUT2D eigenvalue weighted by Gasteiger charge is 2.05. The Bertz CT molecular complexity index is 619. The zero-order chi connectivity index (χ0) is 15.9. The van der Waals surface area contributed by atoms with Crippen LogP contribution in [0.15, 0.2) is 30.3 Å². The molecule has 1 aromatic carbocycles. The first kappa shape index (κ1) is 15.9. The summed E-state index contributed by atoms with van der Waals surface area (Å²) in [6, 6.07) is 9.11. The smallest absolute Gasteiger partial charge is 0.251 e. The lowest BCUT2D eigenvalue weighted by atomic mass is 10.2. The zero-order valence-corrected chi connectivity index (χ0v) is 12.9. The van der Waals surface area contributed by atoms with Crippen molar-refractivity contribution in [2.75, 3.05) is 18.4 Å². The summed E-state index contributed by atoms with van der Waals surface area (Å²) in [4.78, 5) is 20.5. The molecule has 0 fully saturated rings. The minimum absolute atomic E-state index is 0.0948. The number of carbonyl (C=O) groups is 1. The van der Waals surface area contributed by atoms with Crippen LogP contribution in [0.4, 0.5) is 11.6 Å². The van der Waals surface area contributed by atoms with Gasteiger partial charge in [0.05, 0.1) is 0 Å². The van der Waals surface area contributed by atoms with Gasteiger partial charge in [-0.15, -0.1) is 0 Å². The van der Waals surface area contributed by atoms with Gasteiger partial charge in [0.25, 0.3) is 5.91 Å². The number of aryl methyl sites for hydroxylation is 2. The normalized spacial score (nSPS) is 10.3. The number of amides is 1. The predicted molar refractivity (Wildman–Crippen MR) is 87.2 cm³/mol. The molecule has 1 aromatic heterocycles. The molecule has 22 heavy (non-hydrogen) atoms. The molecule has 2 aromatic rings. The van der Waals surface area contributed by atoms with Crippen LogP contribution in [0.5, 0.6) is 0 Å². The summed E-state index contributed by atoms with van der Waals surface area (Å²) in [5.41, 5.74) is 8.66. The summed E-state index contributed by atoms with van der Waals surface area (Å²) < 4.78 is 0. The molecule has 1 amide bonds. The number of carbonyl (C=O) groups excluding carboxylic acids is 1. The maximum absolute atomic E-state index is 11.9. The molecule has 0 aliphatic rings. The lowest BCUT2D eigenvalue weighted by Crippen LogP contribution is -2.25. The van der Waals surface area contributed by atoms with E-state index in [1.807, 2.05) is 32.0 Å². The van der Waals surface area contributed by atoms with Gasteiger partial charge in [0.2, 0.25) is 5.95 Å². The largest absolute Gasteiger partial charge is 0.352 e. The van der Waals surface area contributed by atoms with Crippen molar-refractivity contribution >= 4 is 17.5 Å². The van der Waals surface area contributed by atoms with Crippen molar-refractivity contribution in [2.45, 2.75) is 20.3 Å². The van der Waals surface area contributed by atoms with E-state index in [-0.39, 0.29) is 5.91 Å². The molecule has 1 heterocycles. The van der Waals surface area contributed by atoms with Crippen molar-refractivity contribution in [3.8, 4) is 0 Å². The quantitative estimate of drug-likeness (QED) is 0.709. The number of hydrogen-bond acceptors (Lipinski definition) is 5. The van der Waals surface area contributed by atoms with E-state index < -0.39 is 0 Å². The van der Waals surface area contributed by atoms with Gasteiger partial charge in [0, 0.05) is 29.2 Å². The van der Waals surface area contributed by atoms with Gasteiger partial charge in [-0.3, -0.25) is 4.79 Å². The van der Waals surface area contributed by atoms with Crippen LogP contribution in [-0.4, -0.2) is 29.0 Å². The van der Waals surface area contributed by atoms with Gasteiger partial charge >= 0.3 is 0 Å². The first-order valence-corrected chi connectivity index (χ1v) is 7.26. The highest BCUT2D eigenvalue weighted by atomic mass is 16.1. The summed E-state index contributed by atoms with van der Waals surface area (Å²) >= 11 is 0. The fraction of sp³-hybridized carbons (Fsp3) is 0.312. The molecule has 0 saturated heterocycles. The molecule has 6 nitrogen and oxygen atoms in total. The van der Waals surface area contributed by atoms with Crippen LogP contribution in [0, 0.1) is 13.8 Å². The molecule has 0 atom stereocenters. The molecule has 0 aliphatic heterocycles. The summed E-state index contributed by atoms with van der Waals surface area (Å²) in [7, 11) is 0. The monoisotopic (exact) mass is 299 g/mol. The number of aromatic nitrogens is 2. The summed E-state index contributed by atoms with van der Waals surface area (Å²) in [5.74, 6) is 0.459. The van der Waals surface area contributed by atoms with E-state index in [2.05, 4.69) is 20.6 Å². The lowest BCUT2D eigenvalue weighted by Gasteiger charge is -2.08. The third-order valence-corrected chi connectivity index (χ3v) is 3.05. The molecule has 0 radical (unpaired) electrons. The second-order valence-electron chi connectivity index (χ2n) is 5.07. The first-order valence-electron chi connectivity index (χ1n) is 7.26. The zero-order valence-electron chi connectivity index (χ0n) is 12.9. The van der Waals surface area contributed by atoms with Gasteiger partial charge in [-0.25, -0.2) is 9.97 Å². The Hall–Kier alpha value is -2.47. The average molecular weight is 299 g/mol. The van der Waals surface area contributed by atoms with Gasteiger partial charge in [-0.2, -0.15) is 0 Å². The molecule has 6 heteroatoms. The van der Waals surface area contributed by atoms with Crippen molar-refractivity contribution in [2.24, 2.45) is 5.73 Å². The first-order chi connectivity index (χ1) is 10.6. The Morgan fingerprint density at radius 2 is 1.77 bits per heavy atom. The van der Waals surface area contributed by atoms with E-state index in [0.29, 0.717) is 24.6 Å². The molecule has 0 unspecified atom stereocenters. The minimum atomic E-state index is -0.0948. The van der Waals surface area contributed by atoms with Gasteiger partial charge in [0.15, 0.2) is 0 Å². The summed E-state index contributed by atoms with van der Waals surface area (Å²) in [5, 5.41) is 5.95. The number of nitrogens with two attached hydrogens (primary N) is 1. The maximum atomic E-state index is 11.9. The molecular weight excluding hydrogens is 278 g/mol. The van der Waals surface area contributed by atoms with E-state index >= 15 is 0 Å². The Labute approximate surface area is 130 Å². The van der Waals surface area contributed by atoms with Crippen molar-refractivity contribution in [1.82, 2.24) is 15.3 Å². The van der Waals surface area contributed by atoms with E-state index in [0.717, 1.165) is 23.5 Å². The van der Waals surface area contributed by atoms with Crippen LogP contribution in [0.2, 0.25) is 0 Å². The van der Waals surface area contributed by atoms with Crippen LogP contribution in [0.3, 0.4) is 0 Å². The second-order valence-corrected chi connectivity index (χ2v) is 5.07. The molecule has 0 saturated carbocycles. The Balaban J connectivity index is 2.01. The molecule has 2 rings (SSSR count). The summed E-state index contributed by atoms with van der Waals surface area (Å²) in [6.07, 6.45) is 0.773. The number of hydrogen-bond donors (Lipinski definition) is 3. The van der Waals surface area contributed by atoms with Gasteiger partial charge in [0.1, 0.15) is 0 Å². The number of benzene rings is 1. The Morgan fingerprint density at radius 3 is 2.36 bits per heavy atom. The van der Waals surface area contributed by atoms with Crippen LogP contribution in [-0.2, 0) is 0 Å². The van der Waals surface area contributed by atoms with Gasteiger partial charge < -0.3 is 16.4 Å². The van der Waals surface area contributed by atoms with Crippen LogP contribution >= 0.6 is 0 Å². The predicted octanol–water partition coefficient (Wildman–Crippen LogP) is 1.92. The maximum Gasteiger partial charge on any atom is 0.251 e. The number of nitrogens with zero attached hydrogens (tertiary/aromatic N) is 2. The van der Waals surface area contributed by atoms with Gasteiger partial charge in [-0.1, -0.05) is 0 Å². The van der Waals surface area contributed by atoms with Crippen molar-refractivity contribution < 1.29 is 4.79 Å². The third-order valence-electron chi connectivity index (χ3n) is 3.05. The summed E-state index contributed by atoms with van der Waals surface area (Å²) in [6.45, 7) is 5.01. The Kier molecular flexibility index (Phi) is 5.43. The molecular formula is C16H21N5O. The van der Waals surface area contributed by atoms with Gasteiger partial charge in [-0.05, 0) is 57.1 Å². The molecule has 0 aliphatic carbocycles. The lowest BCUT2D eigenvalue weighted by molar-refractivity contribution is 0.0953. The van der Waals surface area contributed by atoms with Crippen molar-refractivity contribution in [1.29, 1.82) is 0 Å². The SMILES string of the molecule is Cc1cc(C)nc(Nc2ccc(C(=O)NCCCN)cc2)n1. The van der Waals surface area contributed by atoms with Crippen LogP contribution < -0.4 is 16.4 Å². The van der Waals surface area contributed by atoms with Crippen molar-refractivity contribution in [3.05, 3.63) is 47.3 Å². The van der Waals surface area contributed by atoms with E-state index in [4.69, 9.17) is 5.73 Å². The van der Waals surface area contributed by atoms with Crippen molar-refractivity contribution in [3.63, 3.8) is 0 Å². The topological polar surface area (TPSA) is 92.9 Å². The highest BCUT2D eigenvalue weighted by molar-refractivity contribution is 5.94. The third kappa shape index (κ3) is 4.53. The minimum Gasteiger partial charge on any atom is -0.352 e. The van der Waals surface area contributed by atoms with Crippen LogP contribution in [0.25, 0.3) is 0 Å². The van der Waals surface area contributed by atoms with Crippen LogP contribution in [0.1, 0.15) is 28.2 Å². The Morgan fingerprint density at radius 1 is 1.14 bits per heavy atom. The number of nitrogens with one attached hydrogen (secondary N) is 2. The molecule has 4 N–H and O–H groups in total. The fourth-order valence-corrected chi connectivity index (χ4v) is 2.02. The molecule has 0 spiro atoms. The van der Waals surface area contributed by atoms with E-state index in [9.17, 15) is 4.79 Å². The number of anilines is 2. The standard InChI is InChI=1S/C16H21N5O/c1-11-10-12(2)20-16(19-11)21-14-6-4-13(5-7-14)15(22)18-9-3-8-17/h4-7,10H,3,8-9,17H2,1-2H3,(H,18,22)(H,19,20,21).